The van der Waals surface area contributed by atoms with Crippen LogP contribution in [-0.4, -0.2) is 46.9 Å². The molecule has 0 fully saturated rings. The number of nitrogens with zero attached hydrogens (tertiary/aromatic N) is 2. The molecule has 0 aliphatic rings. The molecule has 0 radical (unpaired) electrons. The molecule has 0 saturated carbocycles. The van der Waals surface area contributed by atoms with E-state index in [4.69, 9.17) is 4.74 Å². The Morgan fingerprint density at radius 3 is 2.67 bits per heavy atom. The Bertz CT molecular complexity index is 437. The van der Waals surface area contributed by atoms with E-state index in [0.717, 1.165) is 12.5 Å². The number of guanidine groups is 1. The van der Waals surface area contributed by atoms with Crippen molar-refractivity contribution in [2.24, 2.45) is 4.99 Å². The second kappa shape index (κ2) is 10.7. The maximum absolute atomic E-state index is 5.10. The third kappa shape index (κ3) is 7.52. The first-order valence-electron chi connectivity index (χ1n) is 6.79. The van der Waals surface area contributed by atoms with Crippen LogP contribution in [0.25, 0.3) is 0 Å². The van der Waals surface area contributed by atoms with Crippen molar-refractivity contribution >= 4 is 35.6 Å². The van der Waals surface area contributed by atoms with Crippen LogP contribution < -0.4 is 15.5 Å². The summed E-state index contributed by atoms with van der Waals surface area (Å²) in [6, 6.07) is 8.65. The summed E-state index contributed by atoms with van der Waals surface area (Å²) in [7, 11) is 7.55. The van der Waals surface area contributed by atoms with Gasteiger partial charge in [0.2, 0.25) is 0 Å². The van der Waals surface area contributed by atoms with Gasteiger partial charge in [0.15, 0.2) is 5.96 Å². The van der Waals surface area contributed by atoms with Gasteiger partial charge in [-0.25, -0.2) is 0 Å². The highest BCUT2D eigenvalue weighted by atomic mass is 127. The van der Waals surface area contributed by atoms with Gasteiger partial charge < -0.3 is 20.3 Å². The fraction of sp³-hybridized carbons (Fsp3) is 0.533. The van der Waals surface area contributed by atoms with Gasteiger partial charge in [-0.2, -0.15) is 0 Å². The van der Waals surface area contributed by atoms with Crippen molar-refractivity contribution in [3.63, 3.8) is 0 Å². The lowest BCUT2D eigenvalue weighted by Crippen LogP contribution is -2.43. The highest BCUT2D eigenvalue weighted by Gasteiger charge is 2.04. The molecular weight excluding hydrogens is 379 g/mol. The zero-order valence-corrected chi connectivity index (χ0v) is 15.8. The zero-order valence-electron chi connectivity index (χ0n) is 13.5. The third-order valence-electron chi connectivity index (χ3n) is 2.91. The van der Waals surface area contributed by atoms with E-state index in [1.54, 1.807) is 14.2 Å². The van der Waals surface area contributed by atoms with Crippen molar-refractivity contribution in [3.05, 3.63) is 29.8 Å². The maximum atomic E-state index is 5.10. The number of aliphatic imine (C=N–C) groups is 1. The van der Waals surface area contributed by atoms with Crippen LogP contribution >= 0.6 is 24.0 Å². The summed E-state index contributed by atoms with van der Waals surface area (Å²) < 4.78 is 5.10. The number of ether oxygens (including phenoxy) is 1. The normalized spacial score (nSPS) is 12.3. The average Bonchev–Trinajstić information content (AvgIpc) is 2.44. The largest absolute Gasteiger partial charge is 0.383 e. The molecule has 0 bridgehead atoms. The maximum Gasteiger partial charge on any atom is 0.191 e. The van der Waals surface area contributed by atoms with E-state index < -0.39 is 0 Å². The smallest absolute Gasteiger partial charge is 0.191 e. The van der Waals surface area contributed by atoms with Crippen LogP contribution in [0.3, 0.4) is 0 Å². The summed E-state index contributed by atoms with van der Waals surface area (Å²) in [4.78, 5) is 6.31. The van der Waals surface area contributed by atoms with E-state index in [0.29, 0.717) is 6.61 Å². The number of methoxy groups -OCH3 is 1. The molecule has 21 heavy (non-hydrogen) atoms. The Balaban J connectivity index is 0.00000400. The molecular formula is C15H27IN4O. The lowest BCUT2D eigenvalue weighted by molar-refractivity contribution is 0.179. The lowest BCUT2D eigenvalue weighted by atomic mass is 10.2. The minimum Gasteiger partial charge on any atom is -0.383 e. The van der Waals surface area contributed by atoms with Crippen molar-refractivity contribution in [3.8, 4) is 0 Å². The van der Waals surface area contributed by atoms with Crippen LogP contribution in [0.15, 0.2) is 29.3 Å². The predicted octanol–water partition coefficient (Wildman–Crippen LogP) is 2.07. The van der Waals surface area contributed by atoms with Crippen molar-refractivity contribution in [2.75, 3.05) is 39.8 Å². The predicted molar refractivity (Wildman–Crippen MR) is 101 cm³/mol. The average molecular weight is 406 g/mol. The number of halogens is 1. The van der Waals surface area contributed by atoms with E-state index >= 15 is 0 Å². The van der Waals surface area contributed by atoms with Crippen LogP contribution in [0.4, 0.5) is 5.69 Å². The van der Waals surface area contributed by atoms with Crippen LogP contribution in [0.1, 0.15) is 12.5 Å². The first-order valence-corrected chi connectivity index (χ1v) is 6.79. The van der Waals surface area contributed by atoms with Crippen molar-refractivity contribution in [2.45, 2.75) is 19.5 Å². The second-order valence-corrected chi connectivity index (χ2v) is 4.99. The second-order valence-electron chi connectivity index (χ2n) is 4.99. The van der Waals surface area contributed by atoms with Gasteiger partial charge in [0.05, 0.1) is 6.61 Å². The molecule has 1 aromatic rings. The van der Waals surface area contributed by atoms with Gasteiger partial charge in [-0.3, -0.25) is 4.99 Å². The van der Waals surface area contributed by atoms with E-state index in [1.165, 1.54) is 11.3 Å². The fourth-order valence-electron chi connectivity index (χ4n) is 1.85. The SMILES string of the molecule is CN=C(NCc1cccc(N(C)C)c1)NC(C)COC.I. The highest BCUT2D eigenvalue weighted by Crippen LogP contribution is 2.12. The van der Waals surface area contributed by atoms with E-state index in [-0.39, 0.29) is 30.0 Å². The first-order chi connectivity index (χ1) is 9.56. The minimum atomic E-state index is 0. The Labute approximate surface area is 145 Å². The molecule has 120 valence electrons. The summed E-state index contributed by atoms with van der Waals surface area (Å²) in [5.74, 6) is 0.782. The first kappa shape index (κ1) is 20.0. The molecule has 1 unspecified atom stereocenters. The van der Waals surface area contributed by atoms with Crippen LogP contribution in [0.5, 0.6) is 0 Å². The highest BCUT2D eigenvalue weighted by molar-refractivity contribution is 14.0. The number of anilines is 1. The molecule has 0 saturated heterocycles. The van der Waals surface area contributed by atoms with Gasteiger partial charge in [-0.05, 0) is 24.6 Å². The van der Waals surface area contributed by atoms with Crippen LogP contribution in [-0.2, 0) is 11.3 Å². The van der Waals surface area contributed by atoms with Crippen molar-refractivity contribution in [1.29, 1.82) is 0 Å². The molecule has 0 spiro atoms. The van der Waals surface area contributed by atoms with Gasteiger partial charge in [0, 0.05) is 46.5 Å². The zero-order chi connectivity index (χ0) is 15.0. The molecule has 0 aliphatic carbocycles. The molecule has 0 amide bonds. The summed E-state index contributed by atoms with van der Waals surface area (Å²) in [6.07, 6.45) is 0. The molecule has 5 nitrogen and oxygen atoms in total. The minimum absolute atomic E-state index is 0. The summed E-state index contributed by atoms with van der Waals surface area (Å²) in [6.45, 7) is 3.45. The van der Waals surface area contributed by atoms with Gasteiger partial charge in [0.25, 0.3) is 0 Å². The number of hydrogen-bond acceptors (Lipinski definition) is 3. The summed E-state index contributed by atoms with van der Waals surface area (Å²) in [5.41, 5.74) is 2.42. The lowest BCUT2D eigenvalue weighted by Gasteiger charge is -2.18. The van der Waals surface area contributed by atoms with Gasteiger partial charge in [0.1, 0.15) is 0 Å². The monoisotopic (exact) mass is 406 g/mol. The molecule has 0 heterocycles. The number of rotatable bonds is 6. The third-order valence-corrected chi connectivity index (χ3v) is 2.91. The van der Waals surface area contributed by atoms with Crippen LogP contribution in [0, 0.1) is 0 Å². The molecule has 1 aromatic carbocycles. The molecule has 1 rings (SSSR count). The fourth-order valence-corrected chi connectivity index (χ4v) is 1.85. The standard InChI is InChI=1S/C15H26N4O.HI/c1-12(11-20-5)18-15(16-2)17-10-13-7-6-8-14(9-13)19(3)4;/h6-9,12H,10-11H2,1-5H3,(H2,16,17,18);1H. The molecule has 0 aliphatic heterocycles. The molecule has 1 atom stereocenters. The Kier molecular flexibility index (Phi) is 10.2. The van der Waals surface area contributed by atoms with Gasteiger partial charge >= 0.3 is 0 Å². The van der Waals surface area contributed by atoms with Crippen molar-refractivity contribution in [1.82, 2.24) is 10.6 Å². The molecule has 0 aromatic heterocycles. The van der Waals surface area contributed by atoms with Crippen LogP contribution in [0.2, 0.25) is 0 Å². The van der Waals surface area contributed by atoms with E-state index in [2.05, 4.69) is 51.7 Å². The van der Waals surface area contributed by atoms with Gasteiger partial charge in [-0.15, -0.1) is 24.0 Å². The molecule has 6 heteroatoms. The van der Waals surface area contributed by atoms with E-state index in [9.17, 15) is 0 Å². The van der Waals surface area contributed by atoms with Crippen molar-refractivity contribution < 1.29 is 4.74 Å². The van der Waals surface area contributed by atoms with E-state index in [1.807, 2.05) is 14.1 Å². The number of nitrogens with one attached hydrogen (secondary N) is 2. The number of hydrogen-bond donors (Lipinski definition) is 2. The molecule has 2 N–H and O–H groups in total. The number of benzene rings is 1. The van der Waals surface area contributed by atoms with Gasteiger partial charge in [-0.1, -0.05) is 12.1 Å². The summed E-state index contributed by atoms with van der Waals surface area (Å²) >= 11 is 0. The topological polar surface area (TPSA) is 48.9 Å². The quantitative estimate of drug-likeness (QED) is 0.432. The Morgan fingerprint density at radius 2 is 2.10 bits per heavy atom. The Morgan fingerprint density at radius 1 is 1.38 bits per heavy atom. The Hall–Kier alpha value is -1.02. The summed E-state index contributed by atoms with van der Waals surface area (Å²) in [5, 5.41) is 6.58.